The second-order valence-corrected chi connectivity index (χ2v) is 4.59. The SMILES string of the molecule is Cc1cc(C)nc(NC(=S)Nc2ccc(F)cc2F)n1. The van der Waals surface area contributed by atoms with Crippen molar-refractivity contribution in [3.05, 3.63) is 47.3 Å². The van der Waals surface area contributed by atoms with Gasteiger partial charge in [-0.25, -0.2) is 18.7 Å². The van der Waals surface area contributed by atoms with Gasteiger partial charge in [-0.1, -0.05) is 0 Å². The molecule has 0 amide bonds. The van der Waals surface area contributed by atoms with Gasteiger partial charge >= 0.3 is 0 Å². The number of halogens is 2. The fourth-order valence-electron chi connectivity index (χ4n) is 1.63. The van der Waals surface area contributed by atoms with E-state index in [0.29, 0.717) is 5.95 Å². The molecule has 104 valence electrons. The van der Waals surface area contributed by atoms with Gasteiger partial charge in [0.25, 0.3) is 0 Å². The van der Waals surface area contributed by atoms with Gasteiger partial charge in [0.1, 0.15) is 11.6 Å². The van der Waals surface area contributed by atoms with Crippen LogP contribution < -0.4 is 10.6 Å². The van der Waals surface area contributed by atoms with Crippen LogP contribution in [0.4, 0.5) is 20.4 Å². The molecule has 4 nitrogen and oxygen atoms in total. The second kappa shape index (κ2) is 5.87. The summed E-state index contributed by atoms with van der Waals surface area (Å²) in [4.78, 5) is 8.30. The molecule has 1 aromatic carbocycles. The van der Waals surface area contributed by atoms with Crippen molar-refractivity contribution < 1.29 is 8.78 Å². The van der Waals surface area contributed by atoms with Crippen LogP contribution in [0.1, 0.15) is 11.4 Å². The Bertz CT molecular complexity index is 641. The van der Waals surface area contributed by atoms with Gasteiger partial charge in [-0.2, -0.15) is 0 Å². The number of nitrogens with one attached hydrogen (secondary N) is 2. The molecule has 20 heavy (non-hydrogen) atoms. The summed E-state index contributed by atoms with van der Waals surface area (Å²) in [7, 11) is 0. The van der Waals surface area contributed by atoms with Crippen LogP contribution in [0.25, 0.3) is 0 Å². The van der Waals surface area contributed by atoms with E-state index >= 15 is 0 Å². The Kier molecular flexibility index (Phi) is 4.19. The molecule has 0 spiro atoms. The van der Waals surface area contributed by atoms with E-state index in [2.05, 4.69) is 20.6 Å². The van der Waals surface area contributed by atoms with Crippen molar-refractivity contribution in [1.29, 1.82) is 0 Å². The Balaban J connectivity index is 2.09. The van der Waals surface area contributed by atoms with E-state index in [1.807, 2.05) is 19.9 Å². The Morgan fingerprint density at radius 2 is 1.70 bits per heavy atom. The van der Waals surface area contributed by atoms with Gasteiger partial charge in [0.05, 0.1) is 5.69 Å². The van der Waals surface area contributed by atoms with E-state index in [9.17, 15) is 8.78 Å². The quantitative estimate of drug-likeness (QED) is 0.833. The van der Waals surface area contributed by atoms with Crippen molar-refractivity contribution >= 4 is 29.0 Å². The minimum absolute atomic E-state index is 0.0771. The zero-order chi connectivity index (χ0) is 14.7. The number of nitrogens with zero attached hydrogens (tertiary/aromatic N) is 2. The highest BCUT2D eigenvalue weighted by Crippen LogP contribution is 2.15. The van der Waals surface area contributed by atoms with E-state index in [4.69, 9.17) is 12.2 Å². The van der Waals surface area contributed by atoms with Gasteiger partial charge in [0, 0.05) is 17.5 Å². The molecule has 0 fully saturated rings. The van der Waals surface area contributed by atoms with Gasteiger partial charge in [0.2, 0.25) is 5.95 Å². The van der Waals surface area contributed by atoms with Gasteiger partial charge in [-0.05, 0) is 44.3 Å². The summed E-state index contributed by atoms with van der Waals surface area (Å²) in [6.45, 7) is 3.66. The van der Waals surface area contributed by atoms with E-state index in [-0.39, 0.29) is 10.8 Å². The summed E-state index contributed by atoms with van der Waals surface area (Å²) in [5.41, 5.74) is 1.65. The van der Waals surface area contributed by atoms with Gasteiger partial charge in [0.15, 0.2) is 5.11 Å². The number of hydrogen-bond donors (Lipinski definition) is 2. The third kappa shape index (κ3) is 3.67. The first kappa shape index (κ1) is 14.3. The zero-order valence-corrected chi connectivity index (χ0v) is 11.7. The fraction of sp³-hybridized carbons (Fsp3) is 0.154. The van der Waals surface area contributed by atoms with Crippen molar-refractivity contribution in [3.63, 3.8) is 0 Å². The Morgan fingerprint density at radius 1 is 1.05 bits per heavy atom. The van der Waals surface area contributed by atoms with Crippen LogP contribution in [0.2, 0.25) is 0 Å². The summed E-state index contributed by atoms with van der Waals surface area (Å²) in [5, 5.41) is 5.50. The summed E-state index contributed by atoms with van der Waals surface area (Å²) in [5.74, 6) is -1.05. The number of benzene rings is 1. The summed E-state index contributed by atoms with van der Waals surface area (Å²) in [6, 6.07) is 5.00. The maximum atomic E-state index is 13.5. The van der Waals surface area contributed by atoms with Crippen molar-refractivity contribution in [2.75, 3.05) is 10.6 Å². The first-order chi connectivity index (χ1) is 9.44. The number of anilines is 2. The number of hydrogen-bond acceptors (Lipinski definition) is 3. The Labute approximate surface area is 120 Å². The molecule has 0 atom stereocenters. The van der Waals surface area contributed by atoms with E-state index in [0.717, 1.165) is 23.5 Å². The highest BCUT2D eigenvalue weighted by molar-refractivity contribution is 7.80. The van der Waals surface area contributed by atoms with Gasteiger partial charge in [-0.3, -0.25) is 0 Å². The lowest BCUT2D eigenvalue weighted by molar-refractivity contribution is 0.586. The molecule has 1 aromatic heterocycles. The summed E-state index contributed by atoms with van der Waals surface area (Å²) >= 11 is 5.03. The van der Waals surface area contributed by atoms with Crippen LogP contribution in [-0.2, 0) is 0 Å². The van der Waals surface area contributed by atoms with Crippen LogP contribution in [0.3, 0.4) is 0 Å². The van der Waals surface area contributed by atoms with Crippen molar-refractivity contribution in [3.8, 4) is 0 Å². The highest BCUT2D eigenvalue weighted by Gasteiger charge is 2.07. The summed E-state index contributed by atoms with van der Waals surface area (Å²) in [6.07, 6.45) is 0. The van der Waals surface area contributed by atoms with Crippen LogP contribution >= 0.6 is 12.2 Å². The molecule has 0 aliphatic heterocycles. The van der Waals surface area contributed by atoms with Crippen LogP contribution in [0.15, 0.2) is 24.3 Å². The van der Waals surface area contributed by atoms with E-state index < -0.39 is 11.6 Å². The summed E-state index contributed by atoms with van der Waals surface area (Å²) < 4.78 is 26.2. The number of thiocarbonyl (C=S) groups is 1. The standard InChI is InChI=1S/C13H12F2N4S/c1-7-5-8(2)17-12(16-7)19-13(20)18-11-4-3-9(14)6-10(11)15/h3-6H,1-2H3,(H2,16,17,18,19,20). The molecule has 1 heterocycles. The number of rotatable bonds is 2. The Hall–Kier alpha value is -2.15. The van der Waals surface area contributed by atoms with Gasteiger partial charge < -0.3 is 10.6 Å². The van der Waals surface area contributed by atoms with E-state index in [1.165, 1.54) is 6.07 Å². The molecule has 7 heteroatoms. The number of aromatic nitrogens is 2. The van der Waals surface area contributed by atoms with Crippen LogP contribution in [0, 0.1) is 25.5 Å². The molecule has 0 radical (unpaired) electrons. The minimum atomic E-state index is -0.726. The molecule has 2 aromatic rings. The molecule has 0 unspecified atom stereocenters. The molecular formula is C13H12F2N4S. The molecule has 0 aliphatic rings. The maximum Gasteiger partial charge on any atom is 0.229 e. The molecule has 0 aliphatic carbocycles. The smallest absolute Gasteiger partial charge is 0.229 e. The fourth-order valence-corrected chi connectivity index (χ4v) is 1.83. The monoisotopic (exact) mass is 294 g/mol. The predicted molar refractivity (Wildman–Crippen MR) is 77.7 cm³/mol. The molecule has 2 N–H and O–H groups in total. The third-order valence-corrected chi connectivity index (χ3v) is 2.59. The molecule has 2 rings (SSSR count). The third-order valence-electron chi connectivity index (χ3n) is 2.39. The molecule has 0 saturated carbocycles. The highest BCUT2D eigenvalue weighted by atomic mass is 32.1. The lowest BCUT2D eigenvalue weighted by Crippen LogP contribution is -2.21. The van der Waals surface area contributed by atoms with Crippen molar-refractivity contribution in [1.82, 2.24) is 9.97 Å². The molecule has 0 bridgehead atoms. The lowest BCUT2D eigenvalue weighted by Gasteiger charge is -2.10. The Morgan fingerprint density at radius 3 is 2.30 bits per heavy atom. The topological polar surface area (TPSA) is 49.8 Å². The average molecular weight is 294 g/mol. The zero-order valence-electron chi connectivity index (χ0n) is 10.9. The molecule has 0 saturated heterocycles. The minimum Gasteiger partial charge on any atom is -0.330 e. The lowest BCUT2D eigenvalue weighted by atomic mass is 10.3. The first-order valence-corrected chi connectivity index (χ1v) is 6.20. The van der Waals surface area contributed by atoms with Crippen molar-refractivity contribution in [2.24, 2.45) is 0 Å². The second-order valence-electron chi connectivity index (χ2n) is 4.18. The van der Waals surface area contributed by atoms with Crippen LogP contribution in [0.5, 0.6) is 0 Å². The molecular weight excluding hydrogens is 282 g/mol. The first-order valence-electron chi connectivity index (χ1n) is 5.79. The van der Waals surface area contributed by atoms with E-state index in [1.54, 1.807) is 0 Å². The average Bonchev–Trinajstić information content (AvgIpc) is 2.31. The predicted octanol–water partition coefficient (Wildman–Crippen LogP) is 3.18. The largest absolute Gasteiger partial charge is 0.330 e. The van der Waals surface area contributed by atoms with Crippen molar-refractivity contribution in [2.45, 2.75) is 13.8 Å². The van der Waals surface area contributed by atoms with Gasteiger partial charge in [-0.15, -0.1) is 0 Å². The number of aryl methyl sites for hydroxylation is 2. The normalized spacial score (nSPS) is 10.2. The maximum absolute atomic E-state index is 13.5. The van der Waals surface area contributed by atoms with Crippen LogP contribution in [-0.4, -0.2) is 15.1 Å².